The summed E-state index contributed by atoms with van der Waals surface area (Å²) in [6.07, 6.45) is 0.0417. The number of halogens is 1. The van der Waals surface area contributed by atoms with Crippen LogP contribution in [0.2, 0.25) is 0 Å². The summed E-state index contributed by atoms with van der Waals surface area (Å²) in [7, 11) is 0. The fourth-order valence-electron chi connectivity index (χ4n) is 0.714. The Morgan fingerprint density at radius 2 is 2.00 bits per heavy atom. The van der Waals surface area contributed by atoms with Crippen molar-refractivity contribution < 1.29 is 4.79 Å². The summed E-state index contributed by atoms with van der Waals surface area (Å²) in [6, 6.07) is 2.96. The third-order valence-electron chi connectivity index (χ3n) is 1.21. The minimum Gasteiger partial charge on any atom is -0.388 e. The summed E-state index contributed by atoms with van der Waals surface area (Å²) in [4.78, 5) is 26.6. The normalized spacial score (nSPS) is 7.50. The Labute approximate surface area is 123 Å². The van der Waals surface area contributed by atoms with Gasteiger partial charge in [-0.1, -0.05) is 0 Å². The van der Waals surface area contributed by atoms with E-state index < -0.39 is 0 Å². The SMILES string of the molecule is CC(=N)N.CC(=O)CC#N.Cc1nc(N)cc(=O)[nH]1.Cl. The van der Waals surface area contributed by atoms with Crippen LogP contribution < -0.4 is 17.0 Å². The first-order valence-corrected chi connectivity index (χ1v) is 5.19. The van der Waals surface area contributed by atoms with Crippen molar-refractivity contribution in [1.29, 1.82) is 10.7 Å². The van der Waals surface area contributed by atoms with Crippen LogP contribution in [-0.2, 0) is 4.79 Å². The average molecular weight is 303 g/mol. The molecule has 20 heavy (non-hydrogen) atoms. The van der Waals surface area contributed by atoms with Crippen molar-refractivity contribution in [2.24, 2.45) is 5.73 Å². The molecule has 0 aliphatic heterocycles. The number of carbonyl (C=O) groups excluding carboxylic acids is 1. The Bertz CT molecular complexity index is 493. The predicted octanol–water partition coefficient (Wildman–Crippen LogP) is 0.514. The lowest BCUT2D eigenvalue weighted by Crippen LogP contribution is -2.09. The first kappa shape index (κ1) is 22.8. The molecule has 1 rings (SSSR count). The molecule has 0 fully saturated rings. The number of nitrogens with zero attached hydrogens (tertiary/aromatic N) is 2. The van der Waals surface area contributed by atoms with Crippen molar-refractivity contribution in [1.82, 2.24) is 9.97 Å². The number of aryl methyl sites for hydroxylation is 1. The number of nitriles is 1. The zero-order chi connectivity index (χ0) is 15.4. The second-order valence-corrected chi connectivity index (χ2v) is 3.48. The van der Waals surface area contributed by atoms with E-state index in [1.54, 1.807) is 13.0 Å². The molecule has 8 nitrogen and oxygen atoms in total. The maximum absolute atomic E-state index is 10.5. The van der Waals surface area contributed by atoms with Gasteiger partial charge in [-0.3, -0.25) is 15.0 Å². The van der Waals surface area contributed by atoms with Crippen LogP contribution in [-0.4, -0.2) is 21.6 Å². The van der Waals surface area contributed by atoms with Crippen LogP contribution in [0.4, 0.5) is 5.82 Å². The number of hydrogen-bond donors (Lipinski definition) is 4. The fraction of sp³-hybridized carbons (Fsp3) is 0.364. The summed E-state index contributed by atoms with van der Waals surface area (Å²) < 4.78 is 0. The topological polar surface area (TPSA) is 162 Å². The highest BCUT2D eigenvalue weighted by molar-refractivity contribution is 5.85. The number of anilines is 1. The number of Topliss-reactive ketones (excluding diaryl/α,β-unsaturated/α-hetero) is 1. The molecule has 0 atom stereocenters. The lowest BCUT2D eigenvalue weighted by Gasteiger charge is -1.90. The standard InChI is InChI=1S/C5H7N3O.C4H5NO.C2H6N2.ClH/c1-3-7-4(6)2-5(9)8-3;1-4(6)2-3-5;1-2(3)4;/h2H,1H3,(H3,6,7,8,9);2H2,1H3;1H3,(H3,3,4);1H. The van der Waals surface area contributed by atoms with Crippen LogP contribution in [0, 0.1) is 23.7 Å². The average Bonchev–Trinajstić information content (AvgIpc) is 2.13. The molecule has 0 amide bonds. The predicted molar refractivity (Wildman–Crippen MR) is 79.8 cm³/mol. The molecule has 112 valence electrons. The number of aromatic nitrogens is 2. The number of ketones is 1. The van der Waals surface area contributed by atoms with Gasteiger partial charge in [0.05, 0.1) is 18.3 Å². The van der Waals surface area contributed by atoms with E-state index in [-0.39, 0.29) is 41.8 Å². The van der Waals surface area contributed by atoms with Gasteiger partial charge < -0.3 is 16.5 Å². The lowest BCUT2D eigenvalue weighted by atomic mass is 10.3. The van der Waals surface area contributed by atoms with Gasteiger partial charge in [-0.05, 0) is 20.8 Å². The molecule has 1 heterocycles. The highest BCUT2D eigenvalue weighted by Gasteiger charge is 1.89. The maximum Gasteiger partial charge on any atom is 0.252 e. The van der Waals surface area contributed by atoms with E-state index in [4.69, 9.17) is 22.1 Å². The number of hydrogen-bond acceptors (Lipinski definition) is 6. The lowest BCUT2D eigenvalue weighted by molar-refractivity contribution is -0.116. The van der Waals surface area contributed by atoms with Crippen molar-refractivity contribution >= 4 is 29.8 Å². The second-order valence-electron chi connectivity index (χ2n) is 3.48. The summed E-state index contributed by atoms with van der Waals surface area (Å²) >= 11 is 0. The van der Waals surface area contributed by atoms with Gasteiger partial charge in [-0.25, -0.2) is 4.98 Å². The first-order chi connectivity index (χ1) is 8.68. The molecule has 0 aliphatic carbocycles. The van der Waals surface area contributed by atoms with Crippen LogP contribution in [0.15, 0.2) is 10.9 Å². The second kappa shape index (κ2) is 13.0. The molecule has 6 N–H and O–H groups in total. The van der Waals surface area contributed by atoms with Crippen LogP contribution >= 0.6 is 12.4 Å². The minimum atomic E-state index is -0.208. The van der Waals surface area contributed by atoms with E-state index in [9.17, 15) is 9.59 Å². The Morgan fingerprint density at radius 1 is 1.55 bits per heavy atom. The quantitative estimate of drug-likeness (QED) is 0.436. The van der Waals surface area contributed by atoms with Crippen LogP contribution in [0.25, 0.3) is 0 Å². The van der Waals surface area contributed by atoms with Crippen molar-refractivity contribution in [3.8, 4) is 6.07 Å². The van der Waals surface area contributed by atoms with Crippen molar-refractivity contribution in [2.75, 3.05) is 5.73 Å². The van der Waals surface area contributed by atoms with E-state index >= 15 is 0 Å². The molecular formula is C11H19ClN6O2. The monoisotopic (exact) mass is 302 g/mol. The van der Waals surface area contributed by atoms with E-state index in [0.29, 0.717) is 5.82 Å². The molecule has 0 aromatic carbocycles. The Hall–Kier alpha value is -2.40. The molecule has 1 aromatic rings. The van der Waals surface area contributed by atoms with Crippen LogP contribution in [0.1, 0.15) is 26.1 Å². The van der Waals surface area contributed by atoms with Gasteiger partial charge in [0, 0.05) is 6.07 Å². The summed E-state index contributed by atoms with van der Waals surface area (Å²) in [5.41, 5.74) is 9.71. The molecule has 0 saturated carbocycles. The van der Waals surface area contributed by atoms with Gasteiger partial charge >= 0.3 is 0 Å². The van der Waals surface area contributed by atoms with Gasteiger partial charge in [0.1, 0.15) is 17.4 Å². The van der Waals surface area contributed by atoms with Crippen molar-refractivity contribution in [3.05, 3.63) is 22.2 Å². The zero-order valence-corrected chi connectivity index (χ0v) is 12.4. The van der Waals surface area contributed by atoms with Crippen molar-refractivity contribution in [3.63, 3.8) is 0 Å². The highest BCUT2D eigenvalue weighted by Crippen LogP contribution is 1.87. The number of nitrogens with two attached hydrogens (primary N) is 2. The van der Waals surface area contributed by atoms with E-state index in [1.165, 1.54) is 19.9 Å². The van der Waals surface area contributed by atoms with Crippen LogP contribution in [0.3, 0.4) is 0 Å². The first-order valence-electron chi connectivity index (χ1n) is 5.19. The number of amidine groups is 1. The summed E-state index contributed by atoms with van der Waals surface area (Å²) in [5.74, 6) is 0.897. The Kier molecular flexibility index (Phi) is 14.8. The summed E-state index contributed by atoms with van der Waals surface area (Å²) in [6.45, 7) is 4.60. The molecule has 0 saturated heterocycles. The number of rotatable bonds is 1. The van der Waals surface area contributed by atoms with Gasteiger partial charge in [-0.2, -0.15) is 5.26 Å². The van der Waals surface area contributed by atoms with Gasteiger partial charge in [0.25, 0.3) is 5.56 Å². The number of aromatic amines is 1. The van der Waals surface area contributed by atoms with E-state index in [1.807, 2.05) is 0 Å². The summed E-state index contributed by atoms with van der Waals surface area (Å²) in [5, 5.41) is 14.0. The molecule has 0 bridgehead atoms. The van der Waals surface area contributed by atoms with E-state index in [0.717, 1.165) is 0 Å². The number of carbonyl (C=O) groups is 1. The van der Waals surface area contributed by atoms with Crippen molar-refractivity contribution in [2.45, 2.75) is 27.2 Å². The molecular weight excluding hydrogens is 284 g/mol. The molecule has 9 heteroatoms. The highest BCUT2D eigenvalue weighted by atomic mass is 35.5. The molecule has 0 aliphatic rings. The largest absolute Gasteiger partial charge is 0.388 e. The maximum atomic E-state index is 10.5. The number of nitrogens with one attached hydrogen (secondary N) is 2. The Balaban J connectivity index is -0.000000232. The third kappa shape index (κ3) is 20.9. The number of H-pyrrole nitrogens is 1. The minimum absolute atomic E-state index is 0. The third-order valence-corrected chi connectivity index (χ3v) is 1.21. The van der Waals surface area contributed by atoms with Gasteiger partial charge in [-0.15, -0.1) is 12.4 Å². The zero-order valence-electron chi connectivity index (χ0n) is 11.6. The van der Waals surface area contributed by atoms with Gasteiger partial charge in [0.15, 0.2) is 0 Å². The smallest absolute Gasteiger partial charge is 0.252 e. The molecule has 0 unspecified atom stereocenters. The molecule has 0 spiro atoms. The van der Waals surface area contributed by atoms with Gasteiger partial charge in [0.2, 0.25) is 0 Å². The van der Waals surface area contributed by atoms with Crippen LogP contribution in [0.5, 0.6) is 0 Å². The fourth-order valence-corrected chi connectivity index (χ4v) is 0.714. The van der Waals surface area contributed by atoms with E-state index in [2.05, 4.69) is 9.97 Å². The molecule has 1 aromatic heterocycles. The number of nitrogen functional groups attached to an aromatic ring is 1. The Morgan fingerprint density at radius 3 is 2.20 bits per heavy atom. The molecule has 0 radical (unpaired) electrons.